The van der Waals surface area contributed by atoms with Crippen LogP contribution in [0.2, 0.25) is 0 Å². The first-order valence-electron chi connectivity index (χ1n) is 7.24. The summed E-state index contributed by atoms with van der Waals surface area (Å²) in [4.78, 5) is 2.11. The van der Waals surface area contributed by atoms with E-state index in [1.807, 2.05) is 0 Å². The van der Waals surface area contributed by atoms with E-state index in [0.717, 1.165) is 38.5 Å². The van der Waals surface area contributed by atoms with Crippen LogP contribution in [0.4, 0.5) is 17.6 Å². The predicted octanol–water partition coefficient (Wildman–Crippen LogP) is 3.03. The van der Waals surface area contributed by atoms with Crippen molar-refractivity contribution < 1.29 is 17.6 Å². The lowest BCUT2D eigenvalue weighted by atomic mass is 9.94. The van der Waals surface area contributed by atoms with Crippen LogP contribution in [0, 0.1) is 11.7 Å². The van der Waals surface area contributed by atoms with Gasteiger partial charge in [-0.15, -0.1) is 0 Å². The largest absolute Gasteiger partial charge is 0.416 e. The molecule has 2 aliphatic heterocycles. The van der Waals surface area contributed by atoms with Gasteiger partial charge in [-0.25, -0.2) is 4.39 Å². The average Bonchev–Trinajstić information content (AvgIpc) is 2.79. The smallest absolute Gasteiger partial charge is 0.312 e. The molecule has 1 N–H and O–H groups in total. The number of likely N-dealkylation sites (tertiary alicyclic amines) is 1. The number of piperidine rings is 1. The van der Waals surface area contributed by atoms with Gasteiger partial charge in [-0.2, -0.15) is 13.2 Å². The third-order valence-corrected chi connectivity index (χ3v) is 4.37. The van der Waals surface area contributed by atoms with Gasteiger partial charge in [-0.1, -0.05) is 0 Å². The van der Waals surface area contributed by atoms with Gasteiger partial charge in [0.2, 0.25) is 0 Å². The van der Waals surface area contributed by atoms with E-state index in [9.17, 15) is 17.6 Å². The number of rotatable bonds is 2. The van der Waals surface area contributed by atoms with Gasteiger partial charge < -0.3 is 5.32 Å². The van der Waals surface area contributed by atoms with Crippen LogP contribution in [0.1, 0.15) is 24.0 Å². The number of benzene rings is 1. The number of nitrogens with one attached hydrogen (secondary N) is 1. The fourth-order valence-corrected chi connectivity index (χ4v) is 3.43. The topological polar surface area (TPSA) is 15.3 Å². The van der Waals surface area contributed by atoms with Crippen molar-refractivity contribution in [1.29, 1.82) is 0 Å². The standard InChI is InChI=1S/C15H18F4N2/c16-13-5-10(4-12(6-13)15(17,18)19)7-21-8-11-2-1-3-20-14(11)9-21/h4-6,11,14,20H,1-3,7-9H2/t11-,14+/m0/s1. The van der Waals surface area contributed by atoms with Crippen LogP contribution < -0.4 is 5.32 Å². The van der Waals surface area contributed by atoms with Crippen molar-refractivity contribution in [2.75, 3.05) is 19.6 Å². The van der Waals surface area contributed by atoms with Crippen LogP contribution in [-0.2, 0) is 12.7 Å². The molecule has 0 aliphatic carbocycles. The van der Waals surface area contributed by atoms with Crippen molar-refractivity contribution >= 4 is 0 Å². The van der Waals surface area contributed by atoms with Crippen LogP contribution in [-0.4, -0.2) is 30.6 Å². The molecule has 0 radical (unpaired) electrons. The second-order valence-electron chi connectivity index (χ2n) is 6.00. The Bertz CT molecular complexity index is 501. The van der Waals surface area contributed by atoms with Crippen LogP contribution in [0.5, 0.6) is 0 Å². The van der Waals surface area contributed by atoms with Crippen LogP contribution in [0.25, 0.3) is 0 Å². The van der Waals surface area contributed by atoms with Gasteiger partial charge in [0.05, 0.1) is 5.56 Å². The Balaban J connectivity index is 1.72. The van der Waals surface area contributed by atoms with E-state index in [1.165, 1.54) is 6.07 Å². The summed E-state index contributed by atoms with van der Waals surface area (Å²) >= 11 is 0. The maximum absolute atomic E-state index is 13.4. The number of hydrogen-bond donors (Lipinski definition) is 1. The Morgan fingerprint density at radius 3 is 2.71 bits per heavy atom. The van der Waals surface area contributed by atoms with Gasteiger partial charge in [-0.05, 0) is 49.1 Å². The maximum atomic E-state index is 13.4. The molecule has 2 saturated heterocycles. The second-order valence-corrected chi connectivity index (χ2v) is 6.00. The molecule has 1 aromatic rings. The summed E-state index contributed by atoms with van der Waals surface area (Å²) in [7, 11) is 0. The van der Waals surface area contributed by atoms with Crippen LogP contribution >= 0.6 is 0 Å². The first-order chi connectivity index (χ1) is 9.91. The number of fused-ring (bicyclic) bond motifs is 1. The van der Waals surface area contributed by atoms with E-state index in [2.05, 4.69) is 10.2 Å². The quantitative estimate of drug-likeness (QED) is 0.845. The SMILES string of the molecule is Fc1cc(CN2C[C@@H]3CCCN[C@@H]3C2)cc(C(F)(F)F)c1. The molecular formula is C15H18F4N2. The van der Waals surface area contributed by atoms with Crippen molar-refractivity contribution in [2.24, 2.45) is 5.92 Å². The molecule has 116 valence electrons. The Hall–Kier alpha value is -1.14. The van der Waals surface area contributed by atoms with Gasteiger partial charge in [0.15, 0.2) is 0 Å². The zero-order chi connectivity index (χ0) is 15.0. The molecule has 0 saturated carbocycles. The molecule has 0 unspecified atom stereocenters. The van der Waals surface area contributed by atoms with Crippen LogP contribution in [0.3, 0.4) is 0 Å². The van der Waals surface area contributed by atoms with Gasteiger partial charge in [0.25, 0.3) is 0 Å². The normalized spacial score (nSPS) is 26.9. The maximum Gasteiger partial charge on any atom is 0.416 e. The van der Waals surface area contributed by atoms with Crippen molar-refractivity contribution in [3.05, 3.63) is 35.1 Å². The predicted molar refractivity (Wildman–Crippen MR) is 71.2 cm³/mol. The first-order valence-corrected chi connectivity index (χ1v) is 7.24. The minimum atomic E-state index is -4.50. The van der Waals surface area contributed by atoms with E-state index in [1.54, 1.807) is 0 Å². The second kappa shape index (κ2) is 5.57. The molecule has 1 aromatic carbocycles. The van der Waals surface area contributed by atoms with E-state index in [-0.39, 0.29) is 0 Å². The Labute approximate surface area is 121 Å². The lowest BCUT2D eigenvalue weighted by Gasteiger charge is -2.24. The van der Waals surface area contributed by atoms with Gasteiger partial charge in [0.1, 0.15) is 5.82 Å². The van der Waals surface area contributed by atoms with Gasteiger partial charge >= 0.3 is 6.18 Å². The molecule has 2 heterocycles. The highest BCUT2D eigenvalue weighted by Crippen LogP contribution is 2.31. The Kier molecular flexibility index (Phi) is 3.92. The number of alkyl halides is 3. The lowest BCUT2D eigenvalue weighted by molar-refractivity contribution is -0.137. The van der Waals surface area contributed by atoms with Gasteiger partial charge in [0, 0.05) is 25.7 Å². The summed E-state index contributed by atoms with van der Waals surface area (Å²) in [5, 5.41) is 3.45. The molecule has 0 amide bonds. The summed E-state index contributed by atoms with van der Waals surface area (Å²) in [6.07, 6.45) is -2.20. The molecule has 2 fully saturated rings. The third kappa shape index (κ3) is 3.37. The van der Waals surface area contributed by atoms with E-state index >= 15 is 0 Å². The zero-order valence-electron chi connectivity index (χ0n) is 11.6. The van der Waals surface area contributed by atoms with E-state index in [0.29, 0.717) is 30.1 Å². The molecule has 0 bridgehead atoms. The fourth-order valence-electron chi connectivity index (χ4n) is 3.43. The fraction of sp³-hybridized carbons (Fsp3) is 0.600. The summed E-state index contributed by atoms with van der Waals surface area (Å²) in [6, 6.07) is 3.23. The first kappa shape index (κ1) is 14.8. The summed E-state index contributed by atoms with van der Waals surface area (Å²) < 4.78 is 51.5. The summed E-state index contributed by atoms with van der Waals surface area (Å²) in [5.41, 5.74) is -0.520. The van der Waals surface area contributed by atoms with E-state index < -0.39 is 17.6 Å². The summed E-state index contributed by atoms with van der Waals surface area (Å²) in [5.74, 6) is -0.260. The van der Waals surface area contributed by atoms with Crippen molar-refractivity contribution in [3.63, 3.8) is 0 Å². The van der Waals surface area contributed by atoms with Crippen molar-refractivity contribution in [2.45, 2.75) is 31.6 Å². The monoisotopic (exact) mass is 302 g/mol. The van der Waals surface area contributed by atoms with Crippen LogP contribution in [0.15, 0.2) is 18.2 Å². The molecule has 2 nitrogen and oxygen atoms in total. The minimum absolute atomic E-state index is 0.371. The molecule has 2 aliphatic rings. The molecule has 0 spiro atoms. The number of hydrogen-bond acceptors (Lipinski definition) is 2. The highest BCUT2D eigenvalue weighted by atomic mass is 19.4. The Morgan fingerprint density at radius 1 is 1.19 bits per heavy atom. The molecule has 21 heavy (non-hydrogen) atoms. The van der Waals surface area contributed by atoms with Crippen molar-refractivity contribution in [3.8, 4) is 0 Å². The minimum Gasteiger partial charge on any atom is -0.312 e. The third-order valence-electron chi connectivity index (χ3n) is 4.37. The number of nitrogens with zero attached hydrogens (tertiary/aromatic N) is 1. The average molecular weight is 302 g/mol. The zero-order valence-corrected chi connectivity index (χ0v) is 11.6. The molecule has 6 heteroatoms. The molecular weight excluding hydrogens is 284 g/mol. The Morgan fingerprint density at radius 2 is 2.00 bits per heavy atom. The summed E-state index contributed by atoms with van der Waals surface area (Å²) in [6.45, 7) is 3.07. The van der Waals surface area contributed by atoms with E-state index in [4.69, 9.17) is 0 Å². The highest BCUT2D eigenvalue weighted by molar-refractivity contribution is 5.27. The molecule has 0 aromatic heterocycles. The molecule has 2 atom stereocenters. The number of halogens is 4. The van der Waals surface area contributed by atoms with Gasteiger partial charge in [-0.3, -0.25) is 4.90 Å². The van der Waals surface area contributed by atoms with Crippen molar-refractivity contribution in [1.82, 2.24) is 10.2 Å². The molecule has 3 rings (SSSR count). The highest BCUT2D eigenvalue weighted by Gasteiger charge is 2.35. The lowest BCUT2D eigenvalue weighted by Crippen LogP contribution is -2.40.